The summed E-state index contributed by atoms with van der Waals surface area (Å²) in [5.74, 6) is -0.315. The molecule has 1 aliphatic heterocycles. The maximum absolute atomic E-state index is 11.9. The lowest BCUT2D eigenvalue weighted by molar-refractivity contribution is -0.117. The summed E-state index contributed by atoms with van der Waals surface area (Å²) >= 11 is 0. The molecule has 2 heterocycles. The Bertz CT molecular complexity index is 701. The Kier molecular flexibility index (Phi) is 2.67. The molecule has 0 radical (unpaired) electrons. The van der Waals surface area contributed by atoms with Crippen molar-refractivity contribution in [3.05, 3.63) is 28.7 Å². The first-order valence-corrected chi connectivity index (χ1v) is 6.17. The summed E-state index contributed by atoms with van der Waals surface area (Å²) in [4.78, 5) is 25.1. The minimum atomic E-state index is -0.395. The second-order valence-corrected chi connectivity index (χ2v) is 4.77. The molecule has 1 aromatic carbocycles. The van der Waals surface area contributed by atoms with Gasteiger partial charge in [0.25, 0.3) is 0 Å². The molecule has 0 saturated carbocycles. The van der Waals surface area contributed by atoms with Crippen molar-refractivity contribution in [2.45, 2.75) is 12.5 Å². The molecule has 1 aromatic heterocycles. The van der Waals surface area contributed by atoms with Crippen LogP contribution in [0.5, 0.6) is 0 Å². The fraction of sp³-hybridized carbons (Fsp3) is 0.385. The van der Waals surface area contributed by atoms with Gasteiger partial charge in [0.2, 0.25) is 5.91 Å². The van der Waals surface area contributed by atoms with Gasteiger partial charge in [0, 0.05) is 37.8 Å². The summed E-state index contributed by atoms with van der Waals surface area (Å²) in [5.41, 5.74) is 2.00. The fourth-order valence-electron chi connectivity index (χ4n) is 2.44. The normalized spacial score (nSPS) is 19.6. The topological polar surface area (TPSA) is 67.5 Å². The van der Waals surface area contributed by atoms with Crippen molar-refractivity contribution in [1.82, 2.24) is 9.88 Å². The molecule has 19 heavy (non-hydrogen) atoms. The predicted octanol–water partition coefficient (Wildman–Crippen LogP) is 0.456. The Morgan fingerprint density at radius 2 is 2.16 bits per heavy atom. The van der Waals surface area contributed by atoms with Crippen molar-refractivity contribution in [1.29, 1.82) is 0 Å². The number of anilines is 1. The van der Waals surface area contributed by atoms with Crippen molar-refractivity contribution in [3.63, 3.8) is 0 Å². The zero-order valence-electron chi connectivity index (χ0n) is 10.8. The van der Waals surface area contributed by atoms with Gasteiger partial charge in [-0.1, -0.05) is 0 Å². The third-order valence-corrected chi connectivity index (χ3v) is 3.62. The number of carbonyl (C=O) groups is 1. The number of aryl methyl sites for hydroxylation is 1. The van der Waals surface area contributed by atoms with Crippen LogP contribution in [-0.2, 0) is 11.8 Å². The molecule has 1 aliphatic rings. The lowest BCUT2D eigenvalue weighted by Crippen LogP contribution is -2.30. The van der Waals surface area contributed by atoms with E-state index in [-0.39, 0.29) is 11.9 Å². The summed E-state index contributed by atoms with van der Waals surface area (Å²) in [7, 11) is 3.51. The van der Waals surface area contributed by atoms with Crippen molar-refractivity contribution < 1.29 is 9.21 Å². The Morgan fingerprint density at radius 3 is 2.84 bits per heavy atom. The number of nitrogens with one attached hydrogen (secondary N) is 1. The fourth-order valence-corrected chi connectivity index (χ4v) is 2.44. The summed E-state index contributed by atoms with van der Waals surface area (Å²) < 4.78 is 6.59. The van der Waals surface area contributed by atoms with E-state index in [1.54, 1.807) is 24.1 Å². The number of hydrogen-bond acceptors (Lipinski definition) is 4. The number of aromatic nitrogens is 1. The number of carbonyl (C=O) groups excluding carboxylic acids is 1. The third kappa shape index (κ3) is 1.84. The van der Waals surface area contributed by atoms with Crippen LogP contribution >= 0.6 is 0 Å². The molecule has 0 spiro atoms. The quantitative estimate of drug-likeness (QED) is 0.852. The molecule has 1 N–H and O–H groups in total. The van der Waals surface area contributed by atoms with Gasteiger partial charge in [-0.05, 0) is 19.2 Å². The largest absolute Gasteiger partial charge is 0.419 e. The second kappa shape index (κ2) is 4.24. The molecule has 1 saturated heterocycles. The molecule has 6 nitrogen and oxygen atoms in total. The van der Waals surface area contributed by atoms with Gasteiger partial charge in [0.15, 0.2) is 5.58 Å². The SMILES string of the molecule is CNC1CC(=O)N(c2ccc3c(c2)oc(=O)n3C)C1. The van der Waals surface area contributed by atoms with Gasteiger partial charge in [-0.3, -0.25) is 9.36 Å². The van der Waals surface area contributed by atoms with Gasteiger partial charge < -0.3 is 14.6 Å². The molecule has 1 amide bonds. The van der Waals surface area contributed by atoms with Crippen LogP contribution in [0.2, 0.25) is 0 Å². The average molecular weight is 261 g/mol. The molecule has 3 rings (SSSR count). The first-order valence-electron chi connectivity index (χ1n) is 6.17. The molecule has 1 fully saturated rings. The predicted molar refractivity (Wildman–Crippen MR) is 71.3 cm³/mol. The van der Waals surface area contributed by atoms with Gasteiger partial charge in [0.05, 0.1) is 5.52 Å². The number of hydrogen-bond donors (Lipinski definition) is 1. The summed E-state index contributed by atoms with van der Waals surface area (Å²) in [6.45, 7) is 0.637. The Labute approximate surface area is 109 Å². The van der Waals surface area contributed by atoms with Crippen molar-refractivity contribution in [2.75, 3.05) is 18.5 Å². The van der Waals surface area contributed by atoms with E-state index >= 15 is 0 Å². The Morgan fingerprint density at radius 1 is 1.37 bits per heavy atom. The highest BCUT2D eigenvalue weighted by Crippen LogP contribution is 2.25. The van der Waals surface area contributed by atoms with E-state index in [4.69, 9.17) is 4.42 Å². The smallest absolute Gasteiger partial charge is 0.408 e. The van der Waals surface area contributed by atoms with Crippen LogP contribution < -0.4 is 16.0 Å². The van der Waals surface area contributed by atoms with E-state index in [1.165, 1.54) is 4.57 Å². The van der Waals surface area contributed by atoms with Gasteiger partial charge in [-0.15, -0.1) is 0 Å². The third-order valence-electron chi connectivity index (χ3n) is 3.62. The Hall–Kier alpha value is -2.08. The lowest BCUT2D eigenvalue weighted by atomic mass is 10.2. The van der Waals surface area contributed by atoms with E-state index in [2.05, 4.69) is 5.32 Å². The van der Waals surface area contributed by atoms with Crippen LogP contribution in [0.1, 0.15) is 6.42 Å². The molecule has 0 bridgehead atoms. The number of rotatable bonds is 2. The second-order valence-electron chi connectivity index (χ2n) is 4.77. The number of nitrogens with zero attached hydrogens (tertiary/aromatic N) is 2. The first-order chi connectivity index (χ1) is 9.10. The van der Waals surface area contributed by atoms with E-state index in [9.17, 15) is 9.59 Å². The van der Waals surface area contributed by atoms with Gasteiger partial charge in [-0.2, -0.15) is 0 Å². The van der Waals surface area contributed by atoms with Crippen molar-refractivity contribution >= 4 is 22.7 Å². The first kappa shape index (κ1) is 12.0. The maximum atomic E-state index is 11.9. The van der Waals surface area contributed by atoms with Gasteiger partial charge in [0.1, 0.15) is 0 Å². The van der Waals surface area contributed by atoms with Crippen LogP contribution in [0.4, 0.5) is 5.69 Å². The summed E-state index contributed by atoms with van der Waals surface area (Å²) in [5, 5.41) is 3.10. The molecule has 2 aromatic rings. The highest BCUT2D eigenvalue weighted by Gasteiger charge is 2.29. The monoisotopic (exact) mass is 261 g/mol. The Balaban J connectivity index is 2.02. The highest BCUT2D eigenvalue weighted by molar-refractivity contribution is 5.97. The minimum Gasteiger partial charge on any atom is -0.408 e. The number of benzene rings is 1. The van der Waals surface area contributed by atoms with E-state index in [1.807, 2.05) is 13.1 Å². The van der Waals surface area contributed by atoms with Crippen molar-refractivity contribution in [2.24, 2.45) is 7.05 Å². The standard InChI is InChI=1S/C13H15N3O3/c1-14-8-5-12(17)16(7-8)9-3-4-10-11(6-9)19-13(18)15(10)2/h3-4,6,8,14H,5,7H2,1-2H3. The zero-order chi connectivity index (χ0) is 13.6. The van der Waals surface area contributed by atoms with E-state index in [0.717, 1.165) is 11.2 Å². The maximum Gasteiger partial charge on any atom is 0.419 e. The minimum absolute atomic E-state index is 0.0805. The number of amides is 1. The highest BCUT2D eigenvalue weighted by atomic mass is 16.4. The van der Waals surface area contributed by atoms with Crippen molar-refractivity contribution in [3.8, 4) is 0 Å². The van der Waals surface area contributed by atoms with Gasteiger partial charge in [-0.25, -0.2) is 4.79 Å². The van der Waals surface area contributed by atoms with E-state index < -0.39 is 5.76 Å². The zero-order valence-corrected chi connectivity index (χ0v) is 10.8. The molecular formula is C13H15N3O3. The van der Waals surface area contributed by atoms with Gasteiger partial charge >= 0.3 is 5.76 Å². The number of oxazole rings is 1. The van der Waals surface area contributed by atoms with Crippen LogP contribution in [0.25, 0.3) is 11.1 Å². The molecule has 1 unspecified atom stereocenters. The summed E-state index contributed by atoms with van der Waals surface area (Å²) in [6, 6.07) is 5.56. The van der Waals surface area contributed by atoms with Crippen LogP contribution in [-0.4, -0.2) is 30.1 Å². The summed E-state index contributed by atoms with van der Waals surface area (Å²) in [6.07, 6.45) is 0.493. The molecule has 0 aliphatic carbocycles. The molecule has 6 heteroatoms. The number of fused-ring (bicyclic) bond motifs is 1. The van der Waals surface area contributed by atoms with Crippen LogP contribution in [0.15, 0.2) is 27.4 Å². The lowest BCUT2D eigenvalue weighted by Gasteiger charge is -2.16. The van der Waals surface area contributed by atoms with E-state index in [0.29, 0.717) is 18.5 Å². The molecule has 1 atom stereocenters. The average Bonchev–Trinajstić information content (AvgIpc) is 2.91. The molecule has 100 valence electrons. The number of likely N-dealkylation sites (N-methyl/N-ethyl adjacent to an activating group) is 1. The van der Waals surface area contributed by atoms with Crippen LogP contribution in [0.3, 0.4) is 0 Å². The molecular weight excluding hydrogens is 246 g/mol. The van der Waals surface area contributed by atoms with Crippen LogP contribution in [0, 0.1) is 0 Å².